The van der Waals surface area contributed by atoms with Crippen LogP contribution in [0.1, 0.15) is 5.56 Å². The minimum absolute atomic E-state index is 0.826. The van der Waals surface area contributed by atoms with E-state index in [-0.39, 0.29) is 0 Å². The lowest BCUT2D eigenvalue weighted by molar-refractivity contribution is 0.416. The zero-order valence-corrected chi connectivity index (χ0v) is 16.2. The molecule has 6 heteroatoms. The van der Waals surface area contributed by atoms with Crippen LogP contribution in [0.5, 0.6) is 5.75 Å². The first-order valence-corrected chi connectivity index (χ1v) is 9.21. The Morgan fingerprint density at radius 2 is 1.96 bits per heavy atom. The van der Waals surface area contributed by atoms with Crippen LogP contribution in [0.2, 0.25) is 0 Å². The average molecular weight is 449 g/mol. The fourth-order valence-corrected chi connectivity index (χ4v) is 3.80. The highest BCUT2D eigenvalue weighted by Gasteiger charge is 2.25. The minimum Gasteiger partial charge on any atom is -0.496 e. The molecule has 3 aromatic rings. The molecule has 2 heterocycles. The van der Waals surface area contributed by atoms with Crippen LogP contribution in [0.15, 0.2) is 51.4 Å². The third-order valence-corrected chi connectivity index (χ3v) is 5.11. The highest BCUT2D eigenvalue weighted by molar-refractivity contribution is 9.10. The molecule has 0 amide bonds. The van der Waals surface area contributed by atoms with Gasteiger partial charge in [-0.3, -0.25) is 0 Å². The summed E-state index contributed by atoms with van der Waals surface area (Å²) in [7, 11) is 1.69. The molecule has 0 unspecified atom stereocenters. The number of anilines is 1. The van der Waals surface area contributed by atoms with E-state index in [0.717, 1.165) is 50.4 Å². The van der Waals surface area contributed by atoms with E-state index in [1.807, 2.05) is 28.9 Å². The predicted molar refractivity (Wildman–Crippen MR) is 103 cm³/mol. The molecule has 0 aliphatic carbocycles. The van der Waals surface area contributed by atoms with Gasteiger partial charge in [0.15, 0.2) is 0 Å². The maximum absolute atomic E-state index is 5.55. The number of rotatable bonds is 3. The lowest BCUT2D eigenvalue weighted by Gasteiger charge is -2.08. The van der Waals surface area contributed by atoms with Gasteiger partial charge in [0.05, 0.1) is 12.8 Å². The summed E-state index contributed by atoms with van der Waals surface area (Å²) in [5.74, 6) is 1.89. The molecular formula is C18H15Br2N3O. The van der Waals surface area contributed by atoms with Crippen LogP contribution in [0.3, 0.4) is 0 Å². The molecule has 0 atom stereocenters. The number of nitrogens with zero attached hydrogens (tertiary/aromatic N) is 2. The Labute approximate surface area is 157 Å². The van der Waals surface area contributed by atoms with Crippen molar-refractivity contribution in [3.63, 3.8) is 0 Å². The van der Waals surface area contributed by atoms with Gasteiger partial charge in [-0.1, -0.05) is 37.9 Å². The molecule has 122 valence electrons. The van der Waals surface area contributed by atoms with Crippen LogP contribution in [0.4, 0.5) is 5.82 Å². The summed E-state index contributed by atoms with van der Waals surface area (Å²) in [5, 5.41) is 8.36. The third-order valence-electron chi connectivity index (χ3n) is 4.12. The monoisotopic (exact) mass is 447 g/mol. The molecule has 1 aliphatic rings. The topological polar surface area (TPSA) is 39.1 Å². The molecule has 0 fully saturated rings. The van der Waals surface area contributed by atoms with Crippen molar-refractivity contribution in [2.75, 3.05) is 19.0 Å². The fraction of sp³-hybridized carbons (Fsp3) is 0.167. The maximum Gasteiger partial charge on any atom is 0.133 e. The van der Waals surface area contributed by atoms with Gasteiger partial charge in [0.25, 0.3) is 0 Å². The number of halogens is 2. The SMILES string of the molecule is COc1ccc(Br)cc1-c1nn(-c2cccc(Br)c2)c2c1CCN2. The number of nitrogens with one attached hydrogen (secondary N) is 1. The van der Waals surface area contributed by atoms with Crippen molar-refractivity contribution in [2.45, 2.75) is 6.42 Å². The van der Waals surface area contributed by atoms with Crippen molar-refractivity contribution in [3.05, 3.63) is 57.0 Å². The normalized spacial score (nSPS) is 12.8. The summed E-state index contributed by atoms with van der Waals surface area (Å²) in [4.78, 5) is 0. The highest BCUT2D eigenvalue weighted by Crippen LogP contribution is 2.39. The van der Waals surface area contributed by atoms with Crippen molar-refractivity contribution in [1.29, 1.82) is 0 Å². The predicted octanol–water partition coefficient (Wildman–Crippen LogP) is 5.04. The molecule has 1 aliphatic heterocycles. The lowest BCUT2D eigenvalue weighted by atomic mass is 10.1. The first-order chi connectivity index (χ1) is 11.7. The molecule has 1 N–H and O–H groups in total. The number of fused-ring (bicyclic) bond motifs is 1. The van der Waals surface area contributed by atoms with Crippen LogP contribution in [-0.2, 0) is 6.42 Å². The second-order valence-electron chi connectivity index (χ2n) is 5.59. The summed E-state index contributed by atoms with van der Waals surface area (Å²) in [6.45, 7) is 0.921. The molecule has 1 aromatic heterocycles. The zero-order chi connectivity index (χ0) is 16.7. The molecule has 0 saturated carbocycles. The van der Waals surface area contributed by atoms with Crippen molar-refractivity contribution in [1.82, 2.24) is 9.78 Å². The zero-order valence-electron chi connectivity index (χ0n) is 13.0. The number of benzene rings is 2. The van der Waals surface area contributed by atoms with Crippen LogP contribution in [0.25, 0.3) is 16.9 Å². The van der Waals surface area contributed by atoms with E-state index >= 15 is 0 Å². The minimum atomic E-state index is 0.826. The van der Waals surface area contributed by atoms with E-state index in [1.54, 1.807) is 7.11 Å². The molecular weight excluding hydrogens is 434 g/mol. The Morgan fingerprint density at radius 1 is 1.12 bits per heavy atom. The molecule has 0 spiro atoms. The molecule has 24 heavy (non-hydrogen) atoms. The second-order valence-corrected chi connectivity index (χ2v) is 7.42. The Morgan fingerprint density at radius 3 is 2.75 bits per heavy atom. The average Bonchev–Trinajstić information content (AvgIpc) is 3.17. The van der Waals surface area contributed by atoms with Crippen LogP contribution in [-0.4, -0.2) is 23.4 Å². The first kappa shape index (κ1) is 15.7. The van der Waals surface area contributed by atoms with Gasteiger partial charge < -0.3 is 10.1 Å². The van der Waals surface area contributed by atoms with Gasteiger partial charge >= 0.3 is 0 Å². The van der Waals surface area contributed by atoms with Crippen LogP contribution in [0, 0.1) is 0 Å². The number of aromatic nitrogens is 2. The molecule has 4 nitrogen and oxygen atoms in total. The van der Waals surface area contributed by atoms with Crippen molar-refractivity contribution in [3.8, 4) is 22.7 Å². The van der Waals surface area contributed by atoms with Gasteiger partial charge in [0, 0.05) is 26.6 Å². The smallest absolute Gasteiger partial charge is 0.133 e. The molecule has 4 rings (SSSR count). The van der Waals surface area contributed by atoms with E-state index in [1.165, 1.54) is 5.56 Å². The lowest BCUT2D eigenvalue weighted by Crippen LogP contribution is -2.04. The summed E-state index contributed by atoms with van der Waals surface area (Å²) < 4.78 is 9.57. The standard InChI is InChI=1S/C18H15Br2N3O/c1-24-16-6-5-12(20)10-15(16)17-14-7-8-21-18(14)23(22-17)13-4-2-3-11(19)9-13/h2-6,9-10,21H,7-8H2,1H3. The molecule has 2 aromatic carbocycles. The largest absolute Gasteiger partial charge is 0.496 e. The van der Waals surface area contributed by atoms with Gasteiger partial charge in [0.2, 0.25) is 0 Å². The summed E-state index contributed by atoms with van der Waals surface area (Å²) >= 11 is 7.09. The van der Waals surface area contributed by atoms with E-state index in [9.17, 15) is 0 Å². The van der Waals surface area contributed by atoms with E-state index in [2.05, 4.69) is 55.4 Å². The van der Waals surface area contributed by atoms with Crippen LogP contribution < -0.4 is 10.1 Å². The van der Waals surface area contributed by atoms with Gasteiger partial charge in [-0.25, -0.2) is 4.68 Å². The maximum atomic E-state index is 5.55. The third kappa shape index (κ3) is 2.63. The number of hydrogen-bond donors (Lipinski definition) is 1. The fourth-order valence-electron chi connectivity index (χ4n) is 3.05. The summed E-state index contributed by atoms with van der Waals surface area (Å²) in [6.07, 6.45) is 0.953. The van der Waals surface area contributed by atoms with E-state index in [4.69, 9.17) is 9.84 Å². The Bertz CT molecular complexity index is 921. The summed E-state index contributed by atoms with van der Waals surface area (Å²) in [6, 6.07) is 14.2. The molecule has 0 radical (unpaired) electrons. The van der Waals surface area contributed by atoms with Crippen LogP contribution >= 0.6 is 31.9 Å². The second kappa shape index (κ2) is 6.26. The molecule has 0 bridgehead atoms. The number of methoxy groups -OCH3 is 1. The molecule has 0 saturated heterocycles. The first-order valence-electron chi connectivity index (χ1n) is 7.63. The Balaban J connectivity index is 1.93. The van der Waals surface area contributed by atoms with Gasteiger partial charge in [-0.15, -0.1) is 0 Å². The summed E-state index contributed by atoms with van der Waals surface area (Å²) in [5.41, 5.74) is 4.22. The van der Waals surface area contributed by atoms with Gasteiger partial charge in [-0.2, -0.15) is 5.10 Å². The highest BCUT2D eigenvalue weighted by atomic mass is 79.9. The Kier molecular flexibility index (Phi) is 4.10. The number of hydrogen-bond acceptors (Lipinski definition) is 3. The van der Waals surface area contributed by atoms with Crippen molar-refractivity contribution >= 4 is 37.7 Å². The van der Waals surface area contributed by atoms with Gasteiger partial charge in [-0.05, 0) is 42.8 Å². The van der Waals surface area contributed by atoms with Crippen molar-refractivity contribution < 1.29 is 4.74 Å². The van der Waals surface area contributed by atoms with E-state index < -0.39 is 0 Å². The van der Waals surface area contributed by atoms with E-state index in [0.29, 0.717) is 0 Å². The quantitative estimate of drug-likeness (QED) is 0.609. The van der Waals surface area contributed by atoms with Gasteiger partial charge in [0.1, 0.15) is 17.3 Å². The Hall–Kier alpha value is -1.79. The van der Waals surface area contributed by atoms with Crippen molar-refractivity contribution in [2.24, 2.45) is 0 Å². The number of ether oxygens (including phenoxy) is 1.